The van der Waals surface area contributed by atoms with Gasteiger partial charge in [-0.05, 0) is 63.6 Å². The summed E-state index contributed by atoms with van der Waals surface area (Å²) in [6.45, 7) is 7.25. The van der Waals surface area contributed by atoms with Gasteiger partial charge >= 0.3 is 0 Å². The van der Waals surface area contributed by atoms with Gasteiger partial charge in [-0.1, -0.05) is 86.2 Å². The standard InChI is InChI=1S/C25H28Si/c1-4-5-12-22-23(15-16-24(22)26(2)3)25-20-13-8-6-10-18(20)17-19-11-7-9-14-21(19)25/h6-11,13-14,16-17,26H,4-5,12,15H2,1-3H3. The molecule has 0 amide bonds. The topological polar surface area (TPSA) is 0 Å². The Kier molecular flexibility index (Phi) is 4.82. The summed E-state index contributed by atoms with van der Waals surface area (Å²) < 4.78 is 0. The highest BCUT2D eigenvalue weighted by molar-refractivity contribution is 6.65. The fourth-order valence-electron chi connectivity index (χ4n) is 4.46. The molecule has 1 heteroatoms. The fraction of sp³-hybridized carbons (Fsp3) is 0.280. The molecule has 3 aromatic carbocycles. The van der Waals surface area contributed by atoms with E-state index < -0.39 is 8.80 Å². The van der Waals surface area contributed by atoms with Crippen LogP contribution < -0.4 is 0 Å². The predicted octanol–water partition coefficient (Wildman–Crippen LogP) is 7.29. The molecule has 0 nitrogen and oxygen atoms in total. The van der Waals surface area contributed by atoms with Crippen molar-refractivity contribution in [1.82, 2.24) is 0 Å². The van der Waals surface area contributed by atoms with Crippen molar-refractivity contribution >= 4 is 35.9 Å². The number of hydrogen-bond acceptors (Lipinski definition) is 0. The minimum Gasteiger partial charge on any atom is -0.0809 e. The third-order valence-corrected chi connectivity index (χ3v) is 7.54. The Labute approximate surface area is 158 Å². The Balaban J connectivity index is 2.03. The second kappa shape index (κ2) is 7.24. The van der Waals surface area contributed by atoms with Crippen LogP contribution in [-0.2, 0) is 0 Å². The maximum absolute atomic E-state index is 2.55. The van der Waals surface area contributed by atoms with Crippen molar-refractivity contribution in [1.29, 1.82) is 0 Å². The van der Waals surface area contributed by atoms with E-state index in [9.17, 15) is 0 Å². The first-order valence-corrected chi connectivity index (χ1v) is 12.9. The van der Waals surface area contributed by atoms with E-state index in [-0.39, 0.29) is 0 Å². The van der Waals surface area contributed by atoms with Crippen molar-refractivity contribution in [2.75, 3.05) is 0 Å². The normalized spacial score (nSPS) is 14.7. The molecular formula is C25H28Si. The highest BCUT2D eigenvalue weighted by Crippen LogP contribution is 2.43. The van der Waals surface area contributed by atoms with Crippen molar-refractivity contribution in [3.63, 3.8) is 0 Å². The summed E-state index contributed by atoms with van der Waals surface area (Å²) in [6.07, 6.45) is 7.45. The fourth-order valence-corrected chi connectivity index (χ4v) is 6.06. The summed E-state index contributed by atoms with van der Waals surface area (Å²) in [5, 5.41) is 7.26. The monoisotopic (exact) mass is 356 g/mol. The molecule has 0 spiro atoms. The molecule has 4 rings (SSSR count). The van der Waals surface area contributed by atoms with Crippen LogP contribution in [0.25, 0.3) is 27.1 Å². The van der Waals surface area contributed by atoms with E-state index in [1.165, 1.54) is 46.4 Å². The Morgan fingerprint density at radius 3 is 2.08 bits per heavy atom. The molecule has 132 valence electrons. The van der Waals surface area contributed by atoms with Gasteiger partial charge in [0.25, 0.3) is 0 Å². The lowest BCUT2D eigenvalue weighted by Crippen LogP contribution is -2.07. The summed E-state index contributed by atoms with van der Waals surface area (Å²) in [5.41, 5.74) is 4.77. The first kappa shape index (κ1) is 17.3. The van der Waals surface area contributed by atoms with Gasteiger partial charge in [-0.25, -0.2) is 0 Å². The highest BCUT2D eigenvalue weighted by atomic mass is 28.3. The molecule has 0 radical (unpaired) electrons. The van der Waals surface area contributed by atoms with Crippen molar-refractivity contribution < 1.29 is 0 Å². The smallest absolute Gasteiger partial charge is 0.0647 e. The van der Waals surface area contributed by atoms with Gasteiger partial charge in [0.1, 0.15) is 0 Å². The van der Waals surface area contributed by atoms with Gasteiger partial charge in [0, 0.05) is 0 Å². The first-order valence-electron chi connectivity index (χ1n) is 10.0. The van der Waals surface area contributed by atoms with Crippen molar-refractivity contribution in [3.05, 3.63) is 77.0 Å². The number of rotatable bonds is 5. The van der Waals surface area contributed by atoms with Gasteiger partial charge in [-0.15, -0.1) is 0 Å². The Bertz CT molecular complexity index is 967. The first-order chi connectivity index (χ1) is 12.7. The lowest BCUT2D eigenvalue weighted by molar-refractivity contribution is 0.798. The number of hydrogen-bond donors (Lipinski definition) is 0. The van der Waals surface area contributed by atoms with Crippen LogP contribution in [0.2, 0.25) is 13.1 Å². The van der Waals surface area contributed by atoms with Gasteiger partial charge in [0.05, 0.1) is 8.80 Å². The molecular weight excluding hydrogens is 328 g/mol. The minimum absolute atomic E-state index is 0.807. The van der Waals surface area contributed by atoms with Crippen LogP contribution in [0.3, 0.4) is 0 Å². The predicted molar refractivity (Wildman–Crippen MR) is 119 cm³/mol. The molecule has 0 saturated heterocycles. The zero-order valence-electron chi connectivity index (χ0n) is 16.2. The molecule has 0 N–H and O–H groups in total. The lowest BCUT2D eigenvalue weighted by atomic mass is 9.89. The quantitative estimate of drug-likeness (QED) is 0.332. The largest absolute Gasteiger partial charge is 0.0809 e. The van der Waals surface area contributed by atoms with E-state index in [0.29, 0.717) is 0 Å². The zero-order valence-corrected chi connectivity index (χ0v) is 17.3. The van der Waals surface area contributed by atoms with E-state index in [1.54, 1.807) is 16.3 Å². The zero-order chi connectivity index (χ0) is 18.1. The van der Waals surface area contributed by atoms with Crippen LogP contribution in [0.5, 0.6) is 0 Å². The molecule has 0 aliphatic heterocycles. The maximum atomic E-state index is 2.55. The van der Waals surface area contributed by atoms with Gasteiger partial charge < -0.3 is 0 Å². The molecule has 0 bridgehead atoms. The van der Waals surface area contributed by atoms with Crippen molar-refractivity contribution in [2.24, 2.45) is 0 Å². The number of allylic oxidation sites excluding steroid dienone is 4. The van der Waals surface area contributed by atoms with Crippen LogP contribution in [0, 0.1) is 0 Å². The molecule has 0 heterocycles. The van der Waals surface area contributed by atoms with Gasteiger partial charge in [-0.3, -0.25) is 0 Å². The molecule has 1 aliphatic rings. The highest BCUT2D eigenvalue weighted by Gasteiger charge is 2.23. The second-order valence-electron chi connectivity index (χ2n) is 7.77. The molecule has 0 aromatic heterocycles. The summed E-state index contributed by atoms with van der Waals surface area (Å²) in [4.78, 5) is 0. The minimum atomic E-state index is -0.807. The van der Waals surface area contributed by atoms with Crippen LogP contribution in [0.4, 0.5) is 0 Å². The van der Waals surface area contributed by atoms with Crippen molar-refractivity contribution in [2.45, 2.75) is 45.7 Å². The van der Waals surface area contributed by atoms with Crippen LogP contribution in [-0.4, -0.2) is 8.80 Å². The van der Waals surface area contributed by atoms with E-state index in [1.807, 2.05) is 0 Å². The third kappa shape index (κ3) is 2.95. The number of benzene rings is 3. The van der Waals surface area contributed by atoms with E-state index in [4.69, 9.17) is 0 Å². The lowest BCUT2D eigenvalue weighted by Gasteiger charge is -2.18. The summed E-state index contributed by atoms with van der Waals surface area (Å²) in [7, 11) is -0.807. The average Bonchev–Trinajstić information content (AvgIpc) is 3.08. The van der Waals surface area contributed by atoms with Gasteiger partial charge in [-0.2, -0.15) is 0 Å². The van der Waals surface area contributed by atoms with E-state index in [2.05, 4.69) is 80.7 Å². The molecule has 0 fully saturated rings. The number of fused-ring (bicyclic) bond motifs is 2. The Hall–Kier alpha value is -2.12. The molecule has 3 aromatic rings. The molecule has 26 heavy (non-hydrogen) atoms. The number of unbranched alkanes of at least 4 members (excludes halogenated alkanes) is 1. The second-order valence-corrected chi connectivity index (χ2v) is 10.7. The molecule has 1 aliphatic carbocycles. The summed E-state index contributed by atoms with van der Waals surface area (Å²) in [5.74, 6) is 0. The average molecular weight is 357 g/mol. The Morgan fingerprint density at radius 1 is 0.885 bits per heavy atom. The Morgan fingerprint density at radius 2 is 1.50 bits per heavy atom. The van der Waals surface area contributed by atoms with Crippen molar-refractivity contribution in [3.8, 4) is 0 Å². The SMILES string of the molecule is CCCCC1=C(c2c3ccccc3cc3ccccc23)CC=C1[SiH](C)C. The van der Waals surface area contributed by atoms with Gasteiger partial charge in [0.2, 0.25) is 0 Å². The summed E-state index contributed by atoms with van der Waals surface area (Å²) >= 11 is 0. The summed E-state index contributed by atoms with van der Waals surface area (Å²) in [6, 6.07) is 20.2. The molecule has 0 saturated carbocycles. The van der Waals surface area contributed by atoms with Crippen LogP contribution in [0.1, 0.15) is 38.2 Å². The maximum Gasteiger partial charge on any atom is 0.0647 e. The van der Waals surface area contributed by atoms with Crippen LogP contribution >= 0.6 is 0 Å². The van der Waals surface area contributed by atoms with E-state index >= 15 is 0 Å². The van der Waals surface area contributed by atoms with E-state index in [0.717, 1.165) is 6.42 Å². The third-order valence-electron chi connectivity index (χ3n) is 5.71. The van der Waals surface area contributed by atoms with Gasteiger partial charge in [0.15, 0.2) is 0 Å². The molecule has 0 atom stereocenters. The molecule has 0 unspecified atom stereocenters. The van der Waals surface area contributed by atoms with Crippen LogP contribution in [0.15, 0.2) is 71.4 Å².